The minimum absolute atomic E-state index is 0.308. The van der Waals surface area contributed by atoms with E-state index in [4.69, 9.17) is 34.8 Å². The second-order valence-corrected chi connectivity index (χ2v) is 5.75. The summed E-state index contributed by atoms with van der Waals surface area (Å²) < 4.78 is 15.2. The minimum Gasteiger partial charge on any atom is -0.343 e. The number of rotatable bonds is 2. The van der Waals surface area contributed by atoms with E-state index in [1.807, 2.05) is 22.9 Å². The molecule has 0 atom stereocenters. The van der Waals surface area contributed by atoms with E-state index in [-0.39, 0.29) is 5.82 Å². The number of aromatic nitrogens is 1. The summed E-state index contributed by atoms with van der Waals surface area (Å²) in [5.74, 6) is -0.308. The van der Waals surface area contributed by atoms with Gasteiger partial charge in [0.2, 0.25) is 0 Å². The van der Waals surface area contributed by atoms with Gasteiger partial charge in [-0.3, -0.25) is 0 Å². The predicted molar refractivity (Wildman–Crippen MR) is 82.5 cm³/mol. The molecule has 0 unspecified atom stereocenters. The number of halogens is 4. The molecule has 1 heterocycles. The van der Waals surface area contributed by atoms with Crippen LogP contribution in [0.15, 0.2) is 42.6 Å². The van der Waals surface area contributed by atoms with Crippen LogP contribution >= 0.6 is 34.8 Å². The van der Waals surface area contributed by atoms with Crippen molar-refractivity contribution in [1.29, 1.82) is 0 Å². The van der Waals surface area contributed by atoms with E-state index in [1.165, 1.54) is 12.1 Å². The zero-order valence-electron chi connectivity index (χ0n) is 10.2. The quantitative estimate of drug-likeness (QED) is 0.561. The monoisotopic (exact) mass is 327 g/mol. The van der Waals surface area contributed by atoms with Crippen LogP contribution in [0.4, 0.5) is 4.39 Å². The summed E-state index contributed by atoms with van der Waals surface area (Å²) in [4.78, 5) is 0. The Morgan fingerprint density at radius 2 is 1.75 bits per heavy atom. The van der Waals surface area contributed by atoms with Gasteiger partial charge >= 0.3 is 0 Å². The minimum atomic E-state index is -0.308. The number of fused-ring (bicyclic) bond motifs is 1. The lowest BCUT2D eigenvalue weighted by Crippen LogP contribution is -1.99. The number of hydrogen-bond acceptors (Lipinski definition) is 0. The van der Waals surface area contributed by atoms with Crippen LogP contribution in [0.2, 0.25) is 15.1 Å². The van der Waals surface area contributed by atoms with Crippen molar-refractivity contribution in [2.24, 2.45) is 0 Å². The molecule has 3 rings (SSSR count). The molecule has 0 radical (unpaired) electrons. The Hall–Kier alpha value is -1.22. The van der Waals surface area contributed by atoms with E-state index in [2.05, 4.69) is 0 Å². The molecular formula is C15H9Cl3FN. The van der Waals surface area contributed by atoms with Gasteiger partial charge in [0.15, 0.2) is 0 Å². The highest BCUT2D eigenvalue weighted by molar-refractivity contribution is 6.38. The van der Waals surface area contributed by atoms with Crippen LogP contribution in [0.25, 0.3) is 10.9 Å². The maximum Gasteiger partial charge on any atom is 0.123 e. The summed E-state index contributed by atoms with van der Waals surface area (Å²) in [6, 6.07) is 9.76. The molecule has 20 heavy (non-hydrogen) atoms. The molecule has 1 aromatic heterocycles. The van der Waals surface area contributed by atoms with Crippen molar-refractivity contribution in [1.82, 2.24) is 4.57 Å². The van der Waals surface area contributed by atoms with Gasteiger partial charge < -0.3 is 4.57 Å². The van der Waals surface area contributed by atoms with Gasteiger partial charge in [-0.05, 0) is 42.0 Å². The van der Waals surface area contributed by atoms with Crippen LogP contribution in [-0.4, -0.2) is 4.57 Å². The summed E-state index contributed by atoms with van der Waals surface area (Å²) in [5.41, 5.74) is 1.60. The average molecular weight is 329 g/mol. The highest BCUT2D eigenvalue weighted by Gasteiger charge is 2.09. The largest absolute Gasteiger partial charge is 0.343 e. The molecule has 0 fully saturated rings. The second kappa shape index (κ2) is 5.28. The Bertz CT molecular complexity index is 795. The summed E-state index contributed by atoms with van der Waals surface area (Å²) in [7, 11) is 0. The maximum atomic E-state index is 13.3. The molecule has 102 valence electrons. The van der Waals surface area contributed by atoms with Gasteiger partial charge in [-0.25, -0.2) is 4.39 Å². The van der Waals surface area contributed by atoms with Crippen molar-refractivity contribution in [3.63, 3.8) is 0 Å². The molecule has 0 aliphatic carbocycles. The Morgan fingerprint density at radius 3 is 2.55 bits per heavy atom. The molecule has 1 nitrogen and oxygen atoms in total. The Labute approximate surface area is 130 Å². The summed E-state index contributed by atoms with van der Waals surface area (Å²) >= 11 is 18.3. The number of benzene rings is 2. The van der Waals surface area contributed by atoms with E-state index in [0.717, 1.165) is 10.9 Å². The van der Waals surface area contributed by atoms with Crippen LogP contribution in [0.3, 0.4) is 0 Å². The van der Waals surface area contributed by atoms with Crippen LogP contribution in [0.1, 0.15) is 5.56 Å². The van der Waals surface area contributed by atoms with E-state index < -0.39 is 0 Å². The fourth-order valence-corrected chi connectivity index (χ4v) is 2.93. The fourth-order valence-electron chi connectivity index (χ4n) is 2.20. The molecule has 2 aromatic carbocycles. The van der Waals surface area contributed by atoms with Crippen LogP contribution < -0.4 is 0 Å². The Balaban J connectivity index is 2.09. The molecule has 0 saturated heterocycles. The highest BCUT2D eigenvalue weighted by Crippen LogP contribution is 2.30. The summed E-state index contributed by atoms with van der Waals surface area (Å²) in [6.07, 6.45) is 1.88. The molecule has 0 N–H and O–H groups in total. The Kier molecular flexibility index (Phi) is 3.63. The number of nitrogens with zero attached hydrogens (tertiary/aromatic N) is 1. The molecule has 0 bridgehead atoms. The molecular weight excluding hydrogens is 320 g/mol. The van der Waals surface area contributed by atoms with Gasteiger partial charge in [0, 0.05) is 28.2 Å². The standard InChI is InChI=1S/C15H9Cl3FN/c16-10-6-14(18)12-3-4-20(15(12)7-10)8-9-5-11(19)1-2-13(9)17/h1-7H,8H2. The van der Waals surface area contributed by atoms with E-state index in [1.54, 1.807) is 12.1 Å². The molecule has 0 spiro atoms. The Morgan fingerprint density at radius 1 is 0.950 bits per heavy atom. The first kappa shape index (κ1) is 13.7. The van der Waals surface area contributed by atoms with Gasteiger partial charge in [0.25, 0.3) is 0 Å². The first-order valence-electron chi connectivity index (χ1n) is 5.92. The highest BCUT2D eigenvalue weighted by atomic mass is 35.5. The maximum absolute atomic E-state index is 13.3. The third-order valence-corrected chi connectivity index (χ3v) is 4.05. The van der Waals surface area contributed by atoms with E-state index >= 15 is 0 Å². The van der Waals surface area contributed by atoms with Crippen molar-refractivity contribution < 1.29 is 4.39 Å². The third kappa shape index (κ3) is 2.51. The van der Waals surface area contributed by atoms with E-state index in [9.17, 15) is 4.39 Å². The predicted octanol–water partition coefficient (Wildman–Crippen LogP) is 5.79. The van der Waals surface area contributed by atoms with Crippen LogP contribution in [0, 0.1) is 5.82 Å². The van der Waals surface area contributed by atoms with Gasteiger partial charge in [0.1, 0.15) is 5.82 Å². The lowest BCUT2D eigenvalue weighted by Gasteiger charge is -2.08. The van der Waals surface area contributed by atoms with Crippen molar-refractivity contribution in [2.45, 2.75) is 6.54 Å². The normalized spacial score (nSPS) is 11.2. The van der Waals surface area contributed by atoms with Gasteiger partial charge in [0.05, 0.1) is 10.5 Å². The van der Waals surface area contributed by atoms with Gasteiger partial charge in [-0.1, -0.05) is 34.8 Å². The zero-order valence-corrected chi connectivity index (χ0v) is 12.5. The first-order valence-corrected chi connectivity index (χ1v) is 7.06. The van der Waals surface area contributed by atoms with Crippen molar-refractivity contribution >= 4 is 45.7 Å². The van der Waals surface area contributed by atoms with Crippen molar-refractivity contribution in [2.75, 3.05) is 0 Å². The zero-order chi connectivity index (χ0) is 14.3. The van der Waals surface area contributed by atoms with E-state index in [0.29, 0.717) is 27.2 Å². The second-order valence-electron chi connectivity index (χ2n) is 4.50. The van der Waals surface area contributed by atoms with Crippen molar-refractivity contribution in [3.05, 3.63) is 69.0 Å². The molecule has 3 aromatic rings. The van der Waals surface area contributed by atoms with Crippen LogP contribution in [-0.2, 0) is 6.54 Å². The topological polar surface area (TPSA) is 4.93 Å². The molecule has 0 saturated carbocycles. The smallest absolute Gasteiger partial charge is 0.123 e. The molecule has 0 amide bonds. The fraction of sp³-hybridized carbons (Fsp3) is 0.0667. The van der Waals surface area contributed by atoms with Crippen LogP contribution in [0.5, 0.6) is 0 Å². The van der Waals surface area contributed by atoms with Crippen molar-refractivity contribution in [3.8, 4) is 0 Å². The molecule has 0 aliphatic rings. The number of hydrogen-bond donors (Lipinski definition) is 0. The summed E-state index contributed by atoms with van der Waals surface area (Å²) in [5, 5.41) is 2.59. The summed E-state index contributed by atoms with van der Waals surface area (Å²) in [6.45, 7) is 0.455. The SMILES string of the molecule is Fc1ccc(Cl)c(Cn2ccc3c(Cl)cc(Cl)cc32)c1. The lowest BCUT2D eigenvalue weighted by atomic mass is 10.2. The molecule has 5 heteroatoms. The first-order chi connectivity index (χ1) is 9.54. The lowest BCUT2D eigenvalue weighted by molar-refractivity contribution is 0.624. The van der Waals surface area contributed by atoms with Gasteiger partial charge in [-0.15, -0.1) is 0 Å². The third-order valence-electron chi connectivity index (χ3n) is 3.15. The average Bonchev–Trinajstić information content (AvgIpc) is 2.77. The van der Waals surface area contributed by atoms with Gasteiger partial charge in [-0.2, -0.15) is 0 Å². The molecule has 0 aliphatic heterocycles.